The molecule has 1 aliphatic heterocycles. The smallest absolute Gasteiger partial charge is 0.248 e. The van der Waals surface area contributed by atoms with Crippen LogP contribution in [-0.4, -0.2) is 34.4 Å². The van der Waals surface area contributed by atoms with E-state index in [0.29, 0.717) is 17.2 Å². The van der Waals surface area contributed by atoms with Gasteiger partial charge in [0, 0.05) is 17.5 Å². The monoisotopic (exact) mass is 370 g/mol. The van der Waals surface area contributed by atoms with Gasteiger partial charge in [0.2, 0.25) is 11.8 Å². The van der Waals surface area contributed by atoms with Gasteiger partial charge in [-0.3, -0.25) is 9.59 Å². The lowest BCUT2D eigenvalue weighted by atomic mass is 10.2. The minimum absolute atomic E-state index is 0.201. The van der Waals surface area contributed by atoms with Gasteiger partial charge >= 0.3 is 0 Å². The summed E-state index contributed by atoms with van der Waals surface area (Å²) in [6.07, 6.45) is 2.94. The third-order valence-electron chi connectivity index (χ3n) is 4.02. The van der Waals surface area contributed by atoms with Crippen LogP contribution in [0.15, 0.2) is 54.6 Å². The van der Waals surface area contributed by atoms with Gasteiger partial charge in [0.05, 0.1) is 5.88 Å². The summed E-state index contributed by atoms with van der Waals surface area (Å²) in [6.45, 7) is 1.95. The SMILES string of the molecule is Cc1cccc(NC(=O)C2CSCN2C(=O)/C=C/c2cccc(F)c2)c1. The van der Waals surface area contributed by atoms with Crippen molar-refractivity contribution in [3.05, 3.63) is 71.6 Å². The van der Waals surface area contributed by atoms with Crippen LogP contribution in [0.25, 0.3) is 6.08 Å². The molecule has 0 bridgehead atoms. The first-order valence-electron chi connectivity index (χ1n) is 8.22. The van der Waals surface area contributed by atoms with Crippen LogP contribution in [0, 0.1) is 12.7 Å². The Labute approximate surface area is 156 Å². The molecule has 26 heavy (non-hydrogen) atoms. The third-order valence-corrected chi connectivity index (χ3v) is 5.03. The highest BCUT2D eigenvalue weighted by Crippen LogP contribution is 2.23. The molecule has 0 saturated carbocycles. The van der Waals surface area contributed by atoms with Crippen molar-refractivity contribution in [3.8, 4) is 0 Å². The first-order chi connectivity index (χ1) is 12.5. The van der Waals surface area contributed by atoms with Gasteiger partial charge in [0.15, 0.2) is 0 Å². The number of rotatable bonds is 4. The molecule has 1 heterocycles. The average molecular weight is 370 g/mol. The van der Waals surface area contributed by atoms with E-state index in [1.165, 1.54) is 34.9 Å². The highest BCUT2D eigenvalue weighted by molar-refractivity contribution is 7.99. The molecular formula is C20H19FN2O2S. The molecule has 0 radical (unpaired) electrons. The van der Waals surface area contributed by atoms with Crippen LogP contribution >= 0.6 is 11.8 Å². The van der Waals surface area contributed by atoms with E-state index >= 15 is 0 Å². The van der Waals surface area contributed by atoms with E-state index in [-0.39, 0.29) is 17.6 Å². The number of nitrogens with one attached hydrogen (secondary N) is 1. The second-order valence-electron chi connectivity index (χ2n) is 6.07. The Bertz CT molecular complexity index is 853. The molecule has 2 aromatic rings. The van der Waals surface area contributed by atoms with Crippen molar-refractivity contribution in [1.29, 1.82) is 0 Å². The van der Waals surface area contributed by atoms with Crippen molar-refractivity contribution in [1.82, 2.24) is 4.90 Å². The second kappa shape index (κ2) is 8.19. The van der Waals surface area contributed by atoms with Crippen LogP contribution in [0.1, 0.15) is 11.1 Å². The van der Waals surface area contributed by atoms with Crippen LogP contribution in [0.2, 0.25) is 0 Å². The average Bonchev–Trinajstić information content (AvgIpc) is 3.10. The molecule has 1 aliphatic rings. The molecule has 1 saturated heterocycles. The quantitative estimate of drug-likeness (QED) is 0.835. The van der Waals surface area contributed by atoms with Crippen molar-refractivity contribution in [2.45, 2.75) is 13.0 Å². The number of benzene rings is 2. The Morgan fingerprint density at radius 2 is 2.04 bits per heavy atom. The van der Waals surface area contributed by atoms with Crippen molar-refractivity contribution >= 4 is 35.3 Å². The number of carbonyl (C=O) groups excluding carboxylic acids is 2. The summed E-state index contributed by atoms with van der Waals surface area (Å²) in [4.78, 5) is 26.6. The van der Waals surface area contributed by atoms with E-state index in [1.54, 1.807) is 18.2 Å². The molecule has 4 nitrogen and oxygen atoms in total. The number of hydrogen-bond donors (Lipinski definition) is 1. The van der Waals surface area contributed by atoms with Crippen LogP contribution < -0.4 is 5.32 Å². The predicted octanol–water partition coefficient (Wildman–Crippen LogP) is 3.69. The van der Waals surface area contributed by atoms with Crippen LogP contribution in [0.3, 0.4) is 0 Å². The molecule has 0 aromatic heterocycles. The number of hydrogen-bond acceptors (Lipinski definition) is 3. The first-order valence-corrected chi connectivity index (χ1v) is 9.38. The fourth-order valence-electron chi connectivity index (χ4n) is 2.70. The van der Waals surface area contributed by atoms with E-state index in [9.17, 15) is 14.0 Å². The molecule has 1 atom stereocenters. The topological polar surface area (TPSA) is 49.4 Å². The van der Waals surface area contributed by atoms with E-state index in [1.807, 2.05) is 31.2 Å². The van der Waals surface area contributed by atoms with Gasteiger partial charge in [-0.1, -0.05) is 24.3 Å². The number of thioether (sulfide) groups is 1. The van der Waals surface area contributed by atoms with Crippen molar-refractivity contribution in [2.75, 3.05) is 16.9 Å². The van der Waals surface area contributed by atoms with Gasteiger partial charge in [-0.05, 0) is 48.4 Å². The van der Waals surface area contributed by atoms with Gasteiger partial charge < -0.3 is 10.2 Å². The lowest BCUT2D eigenvalue weighted by Gasteiger charge is -2.21. The fourth-order valence-corrected chi connectivity index (χ4v) is 3.86. The highest BCUT2D eigenvalue weighted by atomic mass is 32.2. The van der Waals surface area contributed by atoms with Gasteiger partial charge in [-0.15, -0.1) is 11.8 Å². The van der Waals surface area contributed by atoms with E-state index < -0.39 is 6.04 Å². The summed E-state index contributed by atoms with van der Waals surface area (Å²) in [5, 5.41) is 2.87. The maximum Gasteiger partial charge on any atom is 0.248 e. The largest absolute Gasteiger partial charge is 0.324 e. The maximum absolute atomic E-state index is 13.2. The lowest BCUT2D eigenvalue weighted by Crippen LogP contribution is -2.43. The molecule has 1 fully saturated rings. The molecule has 3 rings (SSSR count). The summed E-state index contributed by atoms with van der Waals surface area (Å²) >= 11 is 1.54. The minimum atomic E-state index is -0.523. The number of amides is 2. The van der Waals surface area contributed by atoms with Gasteiger partial charge in [-0.2, -0.15) is 0 Å². The summed E-state index contributed by atoms with van der Waals surface area (Å²) < 4.78 is 13.2. The Hall–Kier alpha value is -2.60. The normalized spacial score (nSPS) is 16.8. The third kappa shape index (κ3) is 4.52. The Morgan fingerprint density at radius 3 is 2.81 bits per heavy atom. The molecular weight excluding hydrogens is 351 g/mol. The standard InChI is InChI=1S/C20H19FN2O2S/c1-14-4-2-7-17(10-14)22-20(25)18-12-26-13-23(18)19(24)9-8-15-5-3-6-16(21)11-15/h2-11,18H,12-13H2,1H3,(H,22,25)/b9-8+. The molecule has 2 amide bonds. The van der Waals surface area contributed by atoms with Gasteiger partial charge in [0.25, 0.3) is 0 Å². The maximum atomic E-state index is 13.2. The van der Waals surface area contributed by atoms with Crippen molar-refractivity contribution in [2.24, 2.45) is 0 Å². The second-order valence-corrected chi connectivity index (χ2v) is 7.07. The van der Waals surface area contributed by atoms with Crippen LogP contribution in [-0.2, 0) is 9.59 Å². The number of nitrogens with zero attached hydrogens (tertiary/aromatic N) is 1. The van der Waals surface area contributed by atoms with E-state index in [0.717, 1.165) is 11.3 Å². The van der Waals surface area contributed by atoms with E-state index in [2.05, 4.69) is 5.32 Å². The molecule has 1 unspecified atom stereocenters. The molecule has 134 valence electrons. The summed E-state index contributed by atoms with van der Waals surface area (Å²) in [7, 11) is 0. The van der Waals surface area contributed by atoms with Gasteiger partial charge in [-0.25, -0.2) is 4.39 Å². The summed E-state index contributed by atoms with van der Waals surface area (Å²) in [5.74, 6) is 0.193. The van der Waals surface area contributed by atoms with E-state index in [4.69, 9.17) is 0 Å². The molecule has 0 aliphatic carbocycles. The van der Waals surface area contributed by atoms with Gasteiger partial charge in [0.1, 0.15) is 11.9 Å². The lowest BCUT2D eigenvalue weighted by molar-refractivity contribution is -0.132. The van der Waals surface area contributed by atoms with Crippen LogP contribution in [0.5, 0.6) is 0 Å². The Kier molecular flexibility index (Phi) is 5.73. The molecule has 6 heteroatoms. The zero-order valence-corrected chi connectivity index (χ0v) is 15.1. The summed E-state index contributed by atoms with van der Waals surface area (Å²) in [6, 6.07) is 13.0. The summed E-state index contributed by atoms with van der Waals surface area (Å²) in [5.41, 5.74) is 2.37. The number of anilines is 1. The van der Waals surface area contributed by atoms with Crippen LogP contribution in [0.4, 0.5) is 10.1 Å². The fraction of sp³-hybridized carbons (Fsp3) is 0.200. The zero-order valence-electron chi connectivity index (χ0n) is 14.3. The predicted molar refractivity (Wildman–Crippen MR) is 103 cm³/mol. The molecule has 2 aromatic carbocycles. The zero-order chi connectivity index (χ0) is 18.5. The van der Waals surface area contributed by atoms with Crippen molar-refractivity contribution in [3.63, 3.8) is 0 Å². The molecule has 0 spiro atoms. The molecule has 1 N–H and O–H groups in total. The van der Waals surface area contributed by atoms with Crippen molar-refractivity contribution < 1.29 is 14.0 Å². The minimum Gasteiger partial charge on any atom is -0.324 e. The number of carbonyl (C=O) groups is 2. The number of aryl methyl sites for hydroxylation is 1. The first kappa shape index (κ1) is 18.2. The highest BCUT2D eigenvalue weighted by Gasteiger charge is 2.33. The Balaban J connectivity index is 1.67. The Morgan fingerprint density at radius 1 is 1.23 bits per heavy atom. The number of halogens is 1.